The molecule has 156 valence electrons. The molecule has 0 saturated carbocycles. The maximum atomic E-state index is 13.9. The Balaban J connectivity index is 1.36. The minimum absolute atomic E-state index is 0.105. The van der Waals surface area contributed by atoms with Gasteiger partial charge in [0.05, 0.1) is 6.10 Å². The number of pyridine rings is 1. The smallest absolute Gasteiger partial charge is 0.260 e. The minimum atomic E-state index is -0.786. The Bertz CT molecular complexity index is 1020. The number of rotatable bonds is 5. The first-order valence-electron chi connectivity index (χ1n) is 9.95. The van der Waals surface area contributed by atoms with Crippen LogP contribution in [-0.4, -0.2) is 52.8 Å². The van der Waals surface area contributed by atoms with Crippen LogP contribution in [0, 0.1) is 5.82 Å². The summed E-state index contributed by atoms with van der Waals surface area (Å²) in [6.45, 7) is 0.658. The molecule has 2 atom stereocenters. The second kappa shape index (κ2) is 9.09. The van der Waals surface area contributed by atoms with Crippen molar-refractivity contribution in [1.29, 1.82) is 0 Å². The summed E-state index contributed by atoms with van der Waals surface area (Å²) in [4.78, 5) is 18.7. The lowest BCUT2D eigenvalue weighted by molar-refractivity contribution is -0.133. The van der Waals surface area contributed by atoms with E-state index >= 15 is 0 Å². The van der Waals surface area contributed by atoms with E-state index in [0.29, 0.717) is 37.2 Å². The van der Waals surface area contributed by atoms with E-state index in [9.17, 15) is 14.3 Å². The van der Waals surface area contributed by atoms with Crippen molar-refractivity contribution in [2.75, 3.05) is 19.7 Å². The summed E-state index contributed by atoms with van der Waals surface area (Å²) in [6.07, 6.45) is 1.06. The van der Waals surface area contributed by atoms with Crippen LogP contribution in [0.2, 0.25) is 0 Å². The van der Waals surface area contributed by atoms with Gasteiger partial charge in [-0.2, -0.15) is 0 Å². The molecular weight excluding hydrogens is 387 g/mol. The largest absolute Gasteiger partial charge is 0.485 e. The average molecular weight is 410 g/mol. The Morgan fingerprint density at radius 3 is 2.70 bits per heavy atom. The third-order valence-electron chi connectivity index (χ3n) is 5.22. The number of aromatic nitrogens is 1. The van der Waals surface area contributed by atoms with Gasteiger partial charge in [-0.05, 0) is 30.7 Å². The van der Waals surface area contributed by atoms with Crippen LogP contribution in [0.1, 0.15) is 12.8 Å². The van der Waals surface area contributed by atoms with Gasteiger partial charge in [-0.1, -0.05) is 30.3 Å². The van der Waals surface area contributed by atoms with Crippen molar-refractivity contribution in [1.82, 2.24) is 9.88 Å². The molecule has 1 aliphatic rings. The molecule has 30 heavy (non-hydrogen) atoms. The Kier molecular flexibility index (Phi) is 6.09. The van der Waals surface area contributed by atoms with Crippen LogP contribution in [-0.2, 0) is 4.79 Å². The quantitative estimate of drug-likeness (QED) is 0.700. The summed E-state index contributed by atoms with van der Waals surface area (Å²) in [7, 11) is 0. The van der Waals surface area contributed by atoms with E-state index in [4.69, 9.17) is 9.47 Å². The third-order valence-corrected chi connectivity index (χ3v) is 5.22. The molecule has 1 amide bonds. The van der Waals surface area contributed by atoms with E-state index in [0.717, 1.165) is 5.39 Å². The number of amides is 1. The van der Waals surface area contributed by atoms with Gasteiger partial charge >= 0.3 is 0 Å². The Morgan fingerprint density at radius 2 is 1.83 bits per heavy atom. The number of aliphatic hydroxyl groups is 1. The number of hydrogen-bond donors (Lipinski definition) is 1. The molecule has 1 saturated heterocycles. The van der Waals surface area contributed by atoms with E-state index in [-0.39, 0.29) is 18.3 Å². The summed E-state index contributed by atoms with van der Waals surface area (Å²) in [5, 5.41) is 11.3. The predicted octanol–water partition coefficient (Wildman–Crippen LogP) is 3.18. The highest BCUT2D eigenvalue weighted by atomic mass is 19.1. The first-order valence-corrected chi connectivity index (χ1v) is 9.95. The summed E-state index contributed by atoms with van der Waals surface area (Å²) in [5.41, 5.74) is 0.706. The lowest BCUT2D eigenvalue weighted by atomic mass is 10.1. The molecule has 2 aromatic carbocycles. The van der Waals surface area contributed by atoms with E-state index in [1.807, 2.05) is 24.3 Å². The Morgan fingerprint density at radius 1 is 1.07 bits per heavy atom. The molecule has 7 heteroatoms. The van der Waals surface area contributed by atoms with Gasteiger partial charge in [-0.25, -0.2) is 4.39 Å². The van der Waals surface area contributed by atoms with Gasteiger partial charge in [-0.3, -0.25) is 9.78 Å². The number of carbonyl (C=O) groups excluding carboxylic acids is 1. The summed E-state index contributed by atoms with van der Waals surface area (Å²) in [5.74, 6) is 0.00540. The zero-order chi connectivity index (χ0) is 20.9. The van der Waals surface area contributed by atoms with Gasteiger partial charge in [0.1, 0.15) is 17.4 Å². The van der Waals surface area contributed by atoms with Crippen LogP contribution < -0.4 is 9.47 Å². The van der Waals surface area contributed by atoms with Gasteiger partial charge in [0.2, 0.25) is 0 Å². The number of ether oxygens (including phenoxy) is 2. The van der Waals surface area contributed by atoms with Crippen LogP contribution in [0.15, 0.2) is 60.8 Å². The van der Waals surface area contributed by atoms with Crippen molar-refractivity contribution in [3.8, 4) is 11.5 Å². The molecule has 0 bridgehead atoms. The van der Waals surface area contributed by atoms with Gasteiger partial charge in [0, 0.05) is 31.1 Å². The fraction of sp³-hybridized carbons (Fsp3) is 0.304. The highest BCUT2D eigenvalue weighted by molar-refractivity contribution is 5.85. The van der Waals surface area contributed by atoms with E-state index in [2.05, 4.69) is 4.98 Å². The maximum Gasteiger partial charge on any atom is 0.260 e. The molecule has 6 nitrogen and oxygen atoms in total. The van der Waals surface area contributed by atoms with Crippen LogP contribution in [0.4, 0.5) is 4.39 Å². The van der Waals surface area contributed by atoms with Gasteiger partial charge in [0.25, 0.3) is 5.91 Å². The zero-order valence-electron chi connectivity index (χ0n) is 16.4. The van der Waals surface area contributed by atoms with Crippen LogP contribution in [0.25, 0.3) is 10.9 Å². The van der Waals surface area contributed by atoms with E-state index in [1.165, 1.54) is 12.1 Å². The predicted molar refractivity (Wildman–Crippen MR) is 110 cm³/mol. The molecule has 0 unspecified atom stereocenters. The summed E-state index contributed by atoms with van der Waals surface area (Å²) < 4.78 is 25.3. The lowest BCUT2D eigenvalue weighted by Crippen LogP contribution is -2.36. The molecule has 1 N–H and O–H groups in total. The van der Waals surface area contributed by atoms with Crippen LogP contribution in [0.5, 0.6) is 11.5 Å². The third kappa shape index (κ3) is 4.52. The normalized spacial score (nSPS) is 19.3. The van der Waals surface area contributed by atoms with Crippen LogP contribution in [0.3, 0.4) is 0 Å². The fourth-order valence-corrected chi connectivity index (χ4v) is 3.57. The second-order valence-corrected chi connectivity index (χ2v) is 7.23. The summed E-state index contributed by atoms with van der Waals surface area (Å²) in [6, 6.07) is 15.5. The molecule has 1 fully saturated rings. The molecule has 1 aliphatic heterocycles. The van der Waals surface area contributed by atoms with Crippen molar-refractivity contribution in [2.45, 2.75) is 25.0 Å². The van der Waals surface area contributed by atoms with Crippen LogP contribution >= 0.6 is 0 Å². The summed E-state index contributed by atoms with van der Waals surface area (Å²) >= 11 is 0. The number of fused-ring (bicyclic) bond motifs is 1. The van der Waals surface area contributed by atoms with Crippen molar-refractivity contribution in [2.24, 2.45) is 0 Å². The number of aliphatic hydroxyl groups excluding tert-OH is 1. The van der Waals surface area contributed by atoms with Crippen molar-refractivity contribution in [3.05, 3.63) is 66.6 Å². The highest BCUT2D eigenvalue weighted by Gasteiger charge is 2.29. The number of carbonyl (C=O) groups is 1. The second-order valence-electron chi connectivity index (χ2n) is 7.23. The molecule has 2 heterocycles. The molecule has 0 aliphatic carbocycles. The monoisotopic (exact) mass is 410 g/mol. The zero-order valence-corrected chi connectivity index (χ0v) is 16.4. The van der Waals surface area contributed by atoms with Gasteiger partial charge < -0.3 is 19.5 Å². The molecule has 0 spiro atoms. The molecule has 0 radical (unpaired) electrons. The first-order chi connectivity index (χ1) is 14.6. The van der Waals surface area contributed by atoms with Gasteiger partial charge in [0.15, 0.2) is 18.2 Å². The number of nitrogens with zero attached hydrogens (tertiary/aromatic N) is 2. The molecule has 4 rings (SSSR count). The fourth-order valence-electron chi connectivity index (χ4n) is 3.57. The standard InChI is InChI=1S/C23H23FN2O4/c24-17-7-1-2-8-19(17)30-20-11-14-26(13-10-18(20)27)22(28)15-29-21-9-3-5-16-6-4-12-25-23(16)21/h1-9,12,18,20,27H,10-11,13-15H2/t18-,20-/m0/s1. The maximum absolute atomic E-state index is 13.9. The van der Waals surface area contributed by atoms with E-state index in [1.54, 1.807) is 29.3 Å². The van der Waals surface area contributed by atoms with E-state index < -0.39 is 18.0 Å². The Labute approximate surface area is 173 Å². The molecular formula is C23H23FN2O4. The number of halogens is 1. The van der Waals surface area contributed by atoms with Crippen molar-refractivity contribution >= 4 is 16.8 Å². The number of para-hydroxylation sites is 2. The van der Waals surface area contributed by atoms with Crippen molar-refractivity contribution < 1.29 is 23.8 Å². The van der Waals surface area contributed by atoms with Crippen molar-refractivity contribution in [3.63, 3.8) is 0 Å². The SMILES string of the molecule is O=C(COc1cccc2cccnc12)N1CC[C@H](Oc2ccccc2F)[C@@H](O)CC1. The minimum Gasteiger partial charge on any atom is -0.485 e. The Hall–Kier alpha value is -3.19. The molecule has 3 aromatic rings. The lowest BCUT2D eigenvalue weighted by Gasteiger charge is -2.22. The number of benzene rings is 2. The average Bonchev–Trinajstić information content (AvgIpc) is 2.95. The molecule has 1 aromatic heterocycles. The number of hydrogen-bond acceptors (Lipinski definition) is 5. The highest BCUT2D eigenvalue weighted by Crippen LogP contribution is 2.24. The van der Waals surface area contributed by atoms with Gasteiger partial charge in [-0.15, -0.1) is 0 Å². The topological polar surface area (TPSA) is 71.9 Å². The number of likely N-dealkylation sites (tertiary alicyclic amines) is 1. The first kappa shape index (κ1) is 20.1.